The number of hydrogen-bond acceptors (Lipinski definition) is 1. The standard InChI is InChI=1S/C17H26FN/c1-12(2)14-8-10-15(11-9-14)19-13(3)16-6-4-5-7-17(16)18/h4-7,12-15,19H,8-11H2,1-3H3/t13?,14-,15-. The van der Waals surface area contributed by atoms with Gasteiger partial charge in [-0.15, -0.1) is 0 Å². The van der Waals surface area contributed by atoms with Crippen molar-refractivity contribution in [3.05, 3.63) is 35.6 Å². The molecule has 0 spiro atoms. The zero-order chi connectivity index (χ0) is 13.8. The summed E-state index contributed by atoms with van der Waals surface area (Å²) < 4.78 is 13.7. The highest BCUT2D eigenvalue weighted by Crippen LogP contribution is 2.31. The first-order valence-corrected chi connectivity index (χ1v) is 7.58. The SMILES string of the molecule is CC(N[C@H]1CC[C@H](C(C)C)CC1)c1ccccc1F. The number of rotatable bonds is 4. The first kappa shape index (κ1) is 14.5. The number of benzene rings is 1. The fourth-order valence-electron chi connectivity index (χ4n) is 3.22. The largest absolute Gasteiger partial charge is 0.307 e. The summed E-state index contributed by atoms with van der Waals surface area (Å²) >= 11 is 0. The molecule has 106 valence electrons. The molecule has 0 amide bonds. The molecule has 1 aliphatic rings. The molecule has 1 atom stereocenters. The summed E-state index contributed by atoms with van der Waals surface area (Å²) in [6.07, 6.45) is 5.06. The molecule has 1 aromatic rings. The van der Waals surface area contributed by atoms with Gasteiger partial charge in [0, 0.05) is 17.6 Å². The van der Waals surface area contributed by atoms with Crippen molar-refractivity contribution in [3.63, 3.8) is 0 Å². The second-order valence-electron chi connectivity index (χ2n) is 6.27. The molecular weight excluding hydrogens is 237 g/mol. The summed E-state index contributed by atoms with van der Waals surface area (Å²) in [5.74, 6) is 1.57. The molecular formula is C17H26FN. The van der Waals surface area contributed by atoms with Crippen LogP contribution >= 0.6 is 0 Å². The lowest BCUT2D eigenvalue weighted by Crippen LogP contribution is -2.36. The summed E-state index contributed by atoms with van der Waals surface area (Å²) in [4.78, 5) is 0. The molecule has 1 aliphatic carbocycles. The Morgan fingerprint density at radius 3 is 2.26 bits per heavy atom. The molecule has 2 heteroatoms. The molecule has 2 rings (SSSR count). The van der Waals surface area contributed by atoms with Crippen molar-refractivity contribution in [2.24, 2.45) is 11.8 Å². The van der Waals surface area contributed by atoms with Crippen molar-refractivity contribution in [1.29, 1.82) is 0 Å². The highest BCUT2D eigenvalue weighted by atomic mass is 19.1. The van der Waals surface area contributed by atoms with Gasteiger partial charge < -0.3 is 5.32 Å². The van der Waals surface area contributed by atoms with Gasteiger partial charge in [0.15, 0.2) is 0 Å². The summed E-state index contributed by atoms with van der Waals surface area (Å²) in [7, 11) is 0. The normalized spacial score (nSPS) is 25.5. The maximum Gasteiger partial charge on any atom is 0.127 e. The van der Waals surface area contributed by atoms with E-state index in [9.17, 15) is 4.39 Å². The van der Waals surface area contributed by atoms with Gasteiger partial charge in [-0.1, -0.05) is 32.0 Å². The fraction of sp³-hybridized carbons (Fsp3) is 0.647. The van der Waals surface area contributed by atoms with Gasteiger partial charge in [-0.25, -0.2) is 4.39 Å². The van der Waals surface area contributed by atoms with Crippen LogP contribution in [-0.4, -0.2) is 6.04 Å². The molecule has 0 aromatic heterocycles. The lowest BCUT2D eigenvalue weighted by Gasteiger charge is -2.33. The Morgan fingerprint density at radius 1 is 1.05 bits per heavy atom. The first-order valence-electron chi connectivity index (χ1n) is 7.58. The highest BCUT2D eigenvalue weighted by molar-refractivity contribution is 5.20. The Bertz CT molecular complexity index is 394. The van der Waals surface area contributed by atoms with E-state index in [-0.39, 0.29) is 11.9 Å². The first-order chi connectivity index (χ1) is 9.08. The van der Waals surface area contributed by atoms with Crippen LogP contribution in [0.4, 0.5) is 4.39 Å². The van der Waals surface area contributed by atoms with Crippen molar-refractivity contribution in [3.8, 4) is 0 Å². The van der Waals surface area contributed by atoms with Gasteiger partial charge in [0.05, 0.1) is 0 Å². The average molecular weight is 263 g/mol. The van der Waals surface area contributed by atoms with Crippen LogP contribution < -0.4 is 5.32 Å². The van der Waals surface area contributed by atoms with E-state index in [0.29, 0.717) is 6.04 Å². The topological polar surface area (TPSA) is 12.0 Å². The van der Waals surface area contributed by atoms with Crippen molar-refractivity contribution in [2.75, 3.05) is 0 Å². The van der Waals surface area contributed by atoms with Crippen molar-refractivity contribution >= 4 is 0 Å². The van der Waals surface area contributed by atoms with E-state index in [1.54, 1.807) is 12.1 Å². The third-order valence-electron chi connectivity index (χ3n) is 4.57. The zero-order valence-electron chi connectivity index (χ0n) is 12.3. The number of halogens is 1. The summed E-state index contributed by atoms with van der Waals surface area (Å²) in [6.45, 7) is 6.70. The van der Waals surface area contributed by atoms with Gasteiger partial charge in [0.2, 0.25) is 0 Å². The number of hydrogen-bond donors (Lipinski definition) is 1. The monoisotopic (exact) mass is 263 g/mol. The van der Waals surface area contributed by atoms with E-state index in [4.69, 9.17) is 0 Å². The van der Waals surface area contributed by atoms with Crippen molar-refractivity contribution in [2.45, 2.75) is 58.5 Å². The van der Waals surface area contributed by atoms with E-state index >= 15 is 0 Å². The molecule has 1 unspecified atom stereocenters. The molecule has 19 heavy (non-hydrogen) atoms. The Hall–Kier alpha value is -0.890. The van der Waals surface area contributed by atoms with Gasteiger partial charge >= 0.3 is 0 Å². The molecule has 0 heterocycles. The van der Waals surface area contributed by atoms with Crippen LogP contribution in [0.2, 0.25) is 0 Å². The van der Waals surface area contributed by atoms with Crippen LogP contribution in [0.5, 0.6) is 0 Å². The minimum atomic E-state index is -0.0987. The predicted octanol–water partition coefficient (Wildman–Crippen LogP) is 4.69. The molecule has 0 bridgehead atoms. The van der Waals surface area contributed by atoms with Crippen LogP contribution in [-0.2, 0) is 0 Å². The molecule has 0 radical (unpaired) electrons. The molecule has 0 saturated heterocycles. The molecule has 1 fully saturated rings. The third-order valence-corrected chi connectivity index (χ3v) is 4.57. The minimum Gasteiger partial charge on any atom is -0.307 e. The van der Waals surface area contributed by atoms with Gasteiger partial charge in [-0.3, -0.25) is 0 Å². The second kappa shape index (κ2) is 6.51. The van der Waals surface area contributed by atoms with Gasteiger partial charge in [-0.05, 0) is 50.5 Å². The van der Waals surface area contributed by atoms with Crippen LogP contribution in [0.3, 0.4) is 0 Å². The molecule has 0 aliphatic heterocycles. The molecule has 1 aromatic carbocycles. The summed E-state index contributed by atoms with van der Waals surface area (Å²) in [5.41, 5.74) is 0.786. The number of nitrogens with one attached hydrogen (secondary N) is 1. The Labute approximate surface area is 116 Å². The smallest absolute Gasteiger partial charge is 0.127 e. The van der Waals surface area contributed by atoms with E-state index < -0.39 is 0 Å². The quantitative estimate of drug-likeness (QED) is 0.831. The Kier molecular flexibility index (Phi) is 4.98. The minimum absolute atomic E-state index is 0.0987. The van der Waals surface area contributed by atoms with Crippen LogP contribution in [0.1, 0.15) is 58.1 Å². The van der Waals surface area contributed by atoms with E-state index in [1.165, 1.54) is 25.7 Å². The Balaban J connectivity index is 1.87. The van der Waals surface area contributed by atoms with Gasteiger partial charge in [0.25, 0.3) is 0 Å². The second-order valence-corrected chi connectivity index (χ2v) is 6.27. The molecule has 1 saturated carbocycles. The molecule has 1 N–H and O–H groups in total. The summed E-state index contributed by atoms with van der Waals surface area (Å²) in [6, 6.07) is 7.73. The van der Waals surface area contributed by atoms with Crippen LogP contribution in [0.25, 0.3) is 0 Å². The Morgan fingerprint density at radius 2 is 1.68 bits per heavy atom. The third kappa shape index (κ3) is 3.79. The lowest BCUT2D eigenvalue weighted by atomic mass is 9.79. The highest BCUT2D eigenvalue weighted by Gasteiger charge is 2.24. The van der Waals surface area contributed by atoms with Gasteiger partial charge in [-0.2, -0.15) is 0 Å². The van der Waals surface area contributed by atoms with Crippen molar-refractivity contribution in [1.82, 2.24) is 5.32 Å². The summed E-state index contributed by atoms with van der Waals surface area (Å²) in [5, 5.41) is 3.60. The lowest BCUT2D eigenvalue weighted by molar-refractivity contribution is 0.230. The van der Waals surface area contributed by atoms with Crippen LogP contribution in [0, 0.1) is 17.7 Å². The van der Waals surface area contributed by atoms with E-state index in [1.807, 2.05) is 12.1 Å². The maximum atomic E-state index is 13.7. The fourth-order valence-corrected chi connectivity index (χ4v) is 3.22. The maximum absolute atomic E-state index is 13.7. The zero-order valence-corrected chi connectivity index (χ0v) is 12.3. The van der Waals surface area contributed by atoms with Gasteiger partial charge in [0.1, 0.15) is 5.82 Å². The molecule has 1 nitrogen and oxygen atoms in total. The van der Waals surface area contributed by atoms with Crippen LogP contribution in [0.15, 0.2) is 24.3 Å². The van der Waals surface area contributed by atoms with E-state index in [2.05, 4.69) is 26.1 Å². The predicted molar refractivity (Wildman–Crippen MR) is 78.5 cm³/mol. The van der Waals surface area contributed by atoms with E-state index in [0.717, 1.165) is 17.4 Å². The van der Waals surface area contributed by atoms with Crippen molar-refractivity contribution < 1.29 is 4.39 Å². The average Bonchev–Trinajstić information content (AvgIpc) is 2.39.